The van der Waals surface area contributed by atoms with E-state index in [1.807, 2.05) is 24.3 Å². The zero-order valence-corrected chi connectivity index (χ0v) is 12.6. The molecule has 2 N–H and O–H groups in total. The van der Waals surface area contributed by atoms with Crippen molar-refractivity contribution in [3.8, 4) is 5.75 Å². The number of nitrogens with zero attached hydrogens (tertiary/aromatic N) is 1. The largest absolute Gasteiger partial charge is 0.496 e. The number of aliphatic imine (C=N–C) groups is 1. The number of nitrogens with one attached hydrogen (secondary N) is 2. The van der Waals surface area contributed by atoms with Crippen LogP contribution in [0.4, 0.5) is 0 Å². The van der Waals surface area contributed by atoms with Crippen molar-refractivity contribution in [3.63, 3.8) is 0 Å². The van der Waals surface area contributed by atoms with E-state index in [-0.39, 0.29) is 0 Å². The monoisotopic (exact) mass is 279 g/mol. The molecule has 20 heavy (non-hydrogen) atoms. The highest BCUT2D eigenvalue weighted by Gasteiger charge is 2.01. The van der Waals surface area contributed by atoms with Gasteiger partial charge in [-0.1, -0.05) is 18.2 Å². The van der Waals surface area contributed by atoms with Crippen LogP contribution in [0.25, 0.3) is 0 Å². The fourth-order valence-corrected chi connectivity index (χ4v) is 1.76. The Morgan fingerprint density at radius 1 is 1.20 bits per heavy atom. The molecule has 0 aromatic heterocycles. The van der Waals surface area contributed by atoms with Crippen LogP contribution in [0, 0.1) is 0 Å². The first kappa shape index (κ1) is 16.3. The molecule has 0 unspecified atom stereocenters. The molecule has 0 spiro atoms. The van der Waals surface area contributed by atoms with E-state index in [1.165, 1.54) is 0 Å². The van der Waals surface area contributed by atoms with Gasteiger partial charge in [0.25, 0.3) is 0 Å². The molecule has 0 aliphatic rings. The molecule has 0 fully saturated rings. The Labute approximate surface area is 121 Å². The van der Waals surface area contributed by atoms with Gasteiger partial charge >= 0.3 is 0 Å². The smallest absolute Gasteiger partial charge is 0.191 e. The van der Waals surface area contributed by atoms with E-state index in [1.54, 1.807) is 14.2 Å². The molecule has 5 nitrogen and oxygen atoms in total. The molecular weight excluding hydrogens is 254 g/mol. The first-order valence-electron chi connectivity index (χ1n) is 6.94. The van der Waals surface area contributed by atoms with Gasteiger partial charge in [-0.05, 0) is 19.4 Å². The summed E-state index contributed by atoms with van der Waals surface area (Å²) < 4.78 is 10.4. The third kappa shape index (κ3) is 5.93. The lowest BCUT2D eigenvalue weighted by Crippen LogP contribution is -2.38. The summed E-state index contributed by atoms with van der Waals surface area (Å²) in [5.74, 6) is 1.68. The number of para-hydroxylation sites is 1. The summed E-state index contributed by atoms with van der Waals surface area (Å²) >= 11 is 0. The Hall–Kier alpha value is -1.75. The number of hydrogen-bond acceptors (Lipinski definition) is 3. The summed E-state index contributed by atoms with van der Waals surface area (Å²) in [6.45, 7) is 5.06. The Kier molecular flexibility index (Phi) is 8.22. The van der Waals surface area contributed by atoms with E-state index in [4.69, 9.17) is 9.47 Å². The van der Waals surface area contributed by atoms with Crippen LogP contribution in [0.15, 0.2) is 29.3 Å². The van der Waals surface area contributed by atoms with Crippen LogP contribution in [0.5, 0.6) is 5.75 Å². The van der Waals surface area contributed by atoms with Gasteiger partial charge in [0.15, 0.2) is 5.96 Å². The highest BCUT2D eigenvalue weighted by molar-refractivity contribution is 5.79. The molecule has 0 bridgehead atoms. The Morgan fingerprint density at radius 2 is 2.00 bits per heavy atom. The van der Waals surface area contributed by atoms with Crippen molar-refractivity contribution in [1.82, 2.24) is 10.6 Å². The lowest BCUT2D eigenvalue weighted by molar-refractivity contribution is 0.195. The molecule has 1 rings (SSSR count). The maximum atomic E-state index is 5.32. The molecule has 1 aromatic rings. The minimum absolute atomic E-state index is 0.587. The SMILES string of the molecule is CCNC(=NCc1ccccc1OC)NCCCOC. The standard InChI is InChI=1S/C15H25N3O2/c1-4-16-15(17-10-7-11-19-2)18-12-13-8-5-6-9-14(13)20-3/h5-6,8-9H,4,7,10-12H2,1-3H3,(H2,16,17,18). The molecule has 112 valence electrons. The molecule has 5 heteroatoms. The highest BCUT2D eigenvalue weighted by Crippen LogP contribution is 2.17. The van der Waals surface area contributed by atoms with E-state index in [9.17, 15) is 0 Å². The maximum Gasteiger partial charge on any atom is 0.191 e. The molecule has 0 radical (unpaired) electrons. The van der Waals surface area contributed by atoms with Gasteiger partial charge in [-0.15, -0.1) is 0 Å². The van der Waals surface area contributed by atoms with E-state index in [0.29, 0.717) is 6.54 Å². The lowest BCUT2D eigenvalue weighted by Gasteiger charge is -2.12. The predicted octanol–water partition coefficient (Wildman–Crippen LogP) is 1.79. The van der Waals surface area contributed by atoms with Gasteiger partial charge in [0.1, 0.15) is 5.75 Å². The summed E-state index contributed by atoms with van der Waals surface area (Å²) in [4.78, 5) is 4.56. The molecule has 0 atom stereocenters. The van der Waals surface area contributed by atoms with Crippen LogP contribution in [-0.2, 0) is 11.3 Å². The molecular formula is C15H25N3O2. The highest BCUT2D eigenvalue weighted by atomic mass is 16.5. The van der Waals surface area contributed by atoms with E-state index in [2.05, 4.69) is 22.5 Å². The van der Waals surface area contributed by atoms with Gasteiger partial charge in [0.2, 0.25) is 0 Å². The summed E-state index contributed by atoms with van der Waals surface area (Å²) in [7, 11) is 3.39. The normalized spacial score (nSPS) is 11.2. The fraction of sp³-hybridized carbons (Fsp3) is 0.533. The van der Waals surface area contributed by atoms with Crippen molar-refractivity contribution in [2.75, 3.05) is 33.9 Å². The first-order valence-corrected chi connectivity index (χ1v) is 6.94. The maximum absolute atomic E-state index is 5.32. The number of hydrogen-bond donors (Lipinski definition) is 2. The van der Waals surface area contributed by atoms with Gasteiger partial charge < -0.3 is 20.1 Å². The Bertz CT molecular complexity index is 408. The Balaban J connectivity index is 2.57. The van der Waals surface area contributed by atoms with Crippen LogP contribution in [-0.4, -0.2) is 39.9 Å². The molecule has 0 saturated heterocycles. The van der Waals surface area contributed by atoms with Crippen LogP contribution in [0.3, 0.4) is 0 Å². The quantitative estimate of drug-likeness (QED) is 0.433. The Morgan fingerprint density at radius 3 is 2.70 bits per heavy atom. The number of rotatable bonds is 8. The number of ether oxygens (including phenoxy) is 2. The number of guanidine groups is 1. The summed E-state index contributed by atoms with van der Waals surface area (Å²) in [6, 6.07) is 7.92. The molecule has 0 aliphatic heterocycles. The summed E-state index contributed by atoms with van der Waals surface area (Å²) in [5, 5.41) is 6.51. The fourth-order valence-electron chi connectivity index (χ4n) is 1.76. The van der Waals surface area contributed by atoms with E-state index in [0.717, 1.165) is 43.4 Å². The van der Waals surface area contributed by atoms with Crippen molar-refractivity contribution >= 4 is 5.96 Å². The first-order chi connectivity index (χ1) is 9.81. The van der Waals surface area contributed by atoms with Crippen LogP contribution in [0.1, 0.15) is 18.9 Å². The van der Waals surface area contributed by atoms with Gasteiger partial charge in [-0.2, -0.15) is 0 Å². The van der Waals surface area contributed by atoms with Crippen molar-refractivity contribution in [2.24, 2.45) is 4.99 Å². The van der Waals surface area contributed by atoms with Crippen LogP contribution in [0.2, 0.25) is 0 Å². The second-order valence-electron chi connectivity index (χ2n) is 4.28. The molecule has 0 amide bonds. The predicted molar refractivity (Wildman–Crippen MR) is 82.3 cm³/mol. The number of methoxy groups -OCH3 is 2. The molecule has 0 heterocycles. The minimum atomic E-state index is 0.587. The van der Waals surface area contributed by atoms with Crippen molar-refractivity contribution in [2.45, 2.75) is 19.9 Å². The molecule has 1 aromatic carbocycles. The third-order valence-corrected chi connectivity index (χ3v) is 2.76. The second kappa shape index (κ2) is 10.1. The second-order valence-corrected chi connectivity index (χ2v) is 4.28. The van der Waals surface area contributed by atoms with Crippen molar-refractivity contribution in [1.29, 1.82) is 0 Å². The van der Waals surface area contributed by atoms with Gasteiger partial charge in [-0.25, -0.2) is 4.99 Å². The lowest BCUT2D eigenvalue weighted by atomic mass is 10.2. The van der Waals surface area contributed by atoms with Gasteiger partial charge in [0, 0.05) is 32.4 Å². The summed E-state index contributed by atoms with van der Waals surface area (Å²) in [5.41, 5.74) is 1.07. The van der Waals surface area contributed by atoms with Crippen LogP contribution >= 0.6 is 0 Å². The molecule has 0 aliphatic carbocycles. The average molecular weight is 279 g/mol. The topological polar surface area (TPSA) is 54.9 Å². The van der Waals surface area contributed by atoms with E-state index < -0.39 is 0 Å². The van der Waals surface area contributed by atoms with Crippen molar-refractivity contribution in [3.05, 3.63) is 29.8 Å². The summed E-state index contributed by atoms with van der Waals surface area (Å²) in [6.07, 6.45) is 0.954. The third-order valence-electron chi connectivity index (χ3n) is 2.76. The zero-order chi connectivity index (χ0) is 14.6. The zero-order valence-electron chi connectivity index (χ0n) is 12.6. The van der Waals surface area contributed by atoms with Gasteiger partial charge in [-0.3, -0.25) is 0 Å². The van der Waals surface area contributed by atoms with E-state index >= 15 is 0 Å². The van der Waals surface area contributed by atoms with Crippen LogP contribution < -0.4 is 15.4 Å². The van der Waals surface area contributed by atoms with Gasteiger partial charge in [0.05, 0.1) is 13.7 Å². The minimum Gasteiger partial charge on any atom is -0.496 e. The molecule has 0 saturated carbocycles. The number of benzene rings is 1. The van der Waals surface area contributed by atoms with Crippen molar-refractivity contribution < 1.29 is 9.47 Å². The average Bonchev–Trinajstić information content (AvgIpc) is 2.49.